The Hall–Kier alpha value is -1.75. The summed E-state index contributed by atoms with van der Waals surface area (Å²) < 4.78 is 0.661. The van der Waals surface area contributed by atoms with Gasteiger partial charge in [-0.3, -0.25) is 14.4 Å². The highest BCUT2D eigenvalue weighted by Crippen LogP contribution is 2.37. The molecule has 0 heterocycles. The molecular formula is C19H22BrNO3. The van der Waals surface area contributed by atoms with E-state index in [9.17, 15) is 14.4 Å². The monoisotopic (exact) mass is 391 g/mol. The van der Waals surface area contributed by atoms with Crippen LogP contribution in [0.15, 0.2) is 23.2 Å². The molecule has 2 unspecified atom stereocenters. The summed E-state index contributed by atoms with van der Waals surface area (Å²) in [7, 11) is 0. The number of Topliss-reactive ketones (excluding diaryl/α,β-unsaturated/α-hetero) is 2. The molecule has 2 rings (SSSR count). The Bertz CT molecular complexity index is 700. The summed E-state index contributed by atoms with van der Waals surface area (Å²) in [4.78, 5) is 37.2. The van der Waals surface area contributed by atoms with Crippen molar-refractivity contribution in [2.24, 2.45) is 5.92 Å². The van der Waals surface area contributed by atoms with Gasteiger partial charge in [0.2, 0.25) is 5.91 Å². The van der Waals surface area contributed by atoms with Crippen molar-refractivity contribution in [2.75, 3.05) is 6.54 Å². The fourth-order valence-corrected chi connectivity index (χ4v) is 3.61. The molecule has 128 valence electrons. The van der Waals surface area contributed by atoms with Crippen LogP contribution in [-0.4, -0.2) is 24.0 Å². The van der Waals surface area contributed by atoms with Crippen molar-refractivity contribution in [1.29, 1.82) is 0 Å². The maximum atomic E-state index is 12.8. The molecule has 24 heavy (non-hydrogen) atoms. The molecular weight excluding hydrogens is 370 g/mol. The Labute approximate surface area is 150 Å². The minimum atomic E-state index is -0.727. The van der Waals surface area contributed by atoms with Crippen molar-refractivity contribution >= 4 is 33.4 Å². The third kappa shape index (κ3) is 4.01. The standard InChI is InChI=1S/C19H22BrNO3/c1-10-5-11(2)17(12(3)6-10)18-15(22)7-14(19(18)24)8-16(23)21-9-13(4)20/h5-6,14,18H,4,7-9H2,1-3H3,(H,21,23). The van der Waals surface area contributed by atoms with Crippen LogP contribution >= 0.6 is 15.9 Å². The lowest BCUT2D eigenvalue weighted by Gasteiger charge is -2.16. The molecule has 1 amide bonds. The van der Waals surface area contributed by atoms with E-state index in [2.05, 4.69) is 27.8 Å². The Morgan fingerprint density at radius 2 is 1.83 bits per heavy atom. The van der Waals surface area contributed by atoms with Gasteiger partial charge >= 0.3 is 0 Å². The van der Waals surface area contributed by atoms with Crippen LogP contribution in [0.2, 0.25) is 0 Å². The van der Waals surface area contributed by atoms with Crippen LogP contribution in [0.3, 0.4) is 0 Å². The minimum Gasteiger partial charge on any atom is -0.351 e. The Morgan fingerprint density at radius 1 is 1.25 bits per heavy atom. The second kappa shape index (κ2) is 7.43. The number of benzene rings is 1. The van der Waals surface area contributed by atoms with E-state index in [1.54, 1.807) is 0 Å². The second-order valence-electron chi connectivity index (χ2n) is 6.51. The molecule has 1 aromatic rings. The summed E-state index contributed by atoms with van der Waals surface area (Å²) >= 11 is 3.17. The zero-order valence-electron chi connectivity index (χ0n) is 14.2. The van der Waals surface area contributed by atoms with Gasteiger partial charge in [0.15, 0.2) is 5.78 Å². The maximum absolute atomic E-state index is 12.8. The number of nitrogens with one attached hydrogen (secondary N) is 1. The number of rotatable bonds is 5. The highest BCUT2D eigenvalue weighted by molar-refractivity contribution is 9.11. The Balaban J connectivity index is 2.18. The Morgan fingerprint density at radius 3 is 2.38 bits per heavy atom. The highest BCUT2D eigenvalue weighted by atomic mass is 79.9. The lowest BCUT2D eigenvalue weighted by atomic mass is 9.86. The van der Waals surface area contributed by atoms with E-state index in [0.717, 1.165) is 22.3 Å². The van der Waals surface area contributed by atoms with Crippen molar-refractivity contribution in [3.63, 3.8) is 0 Å². The van der Waals surface area contributed by atoms with Crippen molar-refractivity contribution < 1.29 is 14.4 Å². The number of aryl methyl sites for hydroxylation is 3. The van der Waals surface area contributed by atoms with Gasteiger partial charge in [0.25, 0.3) is 0 Å². The molecule has 1 aromatic carbocycles. The van der Waals surface area contributed by atoms with Crippen LogP contribution in [0, 0.1) is 26.7 Å². The van der Waals surface area contributed by atoms with E-state index in [0.29, 0.717) is 11.0 Å². The number of carbonyl (C=O) groups excluding carboxylic acids is 3. The number of hydrogen-bond donors (Lipinski definition) is 1. The number of ketones is 2. The van der Waals surface area contributed by atoms with Gasteiger partial charge in [-0.1, -0.05) is 40.2 Å². The second-order valence-corrected chi connectivity index (χ2v) is 7.63. The van der Waals surface area contributed by atoms with Crippen molar-refractivity contribution in [1.82, 2.24) is 5.32 Å². The third-order valence-corrected chi connectivity index (χ3v) is 4.67. The molecule has 0 bridgehead atoms. The summed E-state index contributed by atoms with van der Waals surface area (Å²) in [5.74, 6) is -1.72. The normalized spacial score (nSPS) is 20.3. The van der Waals surface area contributed by atoms with Crippen molar-refractivity contribution in [3.05, 3.63) is 45.4 Å². The first kappa shape index (κ1) is 18.6. The quantitative estimate of drug-likeness (QED) is 0.783. The third-order valence-electron chi connectivity index (χ3n) is 4.39. The van der Waals surface area contributed by atoms with Gasteiger partial charge in [0.1, 0.15) is 11.7 Å². The molecule has 0 saturated heterocycles. The van der Waals surface area contributed by atoms with Gasteiger partial charge in [-0.15, -0.1) is 0 Å². The van der Waals surface area contributed by atoms with Gasteiger partial charge in [0.05, 0.1) is 0 Å². The summed E-state index contributed by atoms with van der Waals surface area (Å²) in [6, 6.07) is 3.98. The fraction of sp³-hybridized carbons (Fsp3) is 0.421. The topological polar surface area (TPSA) is 63.2 Å². The first-order valence-corrected chi connectivity index (χ1v) is 8.74. The largest absolute Gasteiger partial charge is 0.351 e. The lowest BCUT2D eigenvalue weighted by Crippen LogP contribution is -2.28. The molecule has 1 saturated carbocycles. The molecule has 1 aliphatic rings. The van der Waals surface area contributed by atoms with Gasteiger partial charge in [-0.2, -0.15) is 0 Å². The molecule has 0 spiro atoms. The molecule has 0 aliphatic heterocycles. The zero-order chi connectivity index (χ0) is 18.0. The summed E-state index contributed by atoms with van der Waals surface area (Å²) in [6.45, 7) is 9.81. The average Bonchev–Trinajstić information content (AvgIpc) is 2.72. The average molecular weight is 392 g/mol. The summed E-state index contributed by atoms with van der Waals surface area (Å²) in [5, 5.41) is 2.68. The fourth-order valence-electron chi connectivity index (χ4n) is 3.47. The Kier molecular flexibility index (Phi) is 5.75. The molecule has 5 heteroatoms. The van der Waals surface area contributed by atoms with Gasteiger partial charge < -0.3 is 5.32 Å². The molecule has 1 aliphatic carbocycles. The van der Waals surface area contributed by atoms with Crippen LogP contribution in [0.5, 0.6) is 0 Å². The lowest BCUT2D eigenvalue weighted by molar-refractivity contribution is -0.128. The van der Waals surface area contributed by atoms with E-state index in [1.807, 2.05) is 32.9 Å². The highest BCUT2D eigenvalue weighted by Gasteiger charge is 2.43. The van der Waals surface area contributed by atoms with E-state index in [-0.39, 0.29) is 30.3 Å². The minimum absolute atomic E-state index is 0.0469. The van der Waals surface area contributed by atoms with Crippen molar-refractivity contribution in [3.8, 4) is 0 Å². The first-order chi connectivity index (χ1) is 11.2. The van der Waals surface area contributed by atoms with Gasteiger partial charge in [-0.25, -0.2) is 0 Å². The first-order valence-electron chi connectivity index (χ1n) is 7.95. The van der Waals surface area contributed by atoms with Crippen molar-refractivity contribution in [2.45, 2.75) is 39.5 Å². The summed E-state index contributed by atoms with van der Waals surface area (Å²) in [6.07, 6.45) is 0.185. The molecule has 0 radical (unpaired) electrons. The zero-order valence-corrected chi connectivity index (χ0v) is 15.8. The number of amides is 1. The van der Waals surface area contributed by atoms with E-state index < -0.39 is 11.8 Å². The molecule has 2 atom stereocenters. The van der Waals surface area contributed by atoms with Crippen LogP contribution < -0.4 is 5.32 Å². The molecule has 4 nitrogen and oxygen atoms in total. The van der Waals surface area contributed by atoms with E-state index in [4.69, 9.17) is 0 Å². The predicted octanol–water partition coefficient (Wildman–Crippen LogP) is 3.27. The smallest absolute Gasteiger partial charge is 0.221 e. The number of halogens is 1. The number of hydrogen-bond acceptors (Lipinski definition) is 3. The molecule has 0 aromatic heterocycles. The summed E-state index contributed by atoms with van der Waals surface area (Å²) in [5.41, 5.74) is 3.84. The SMILES string of the molecule is C=C(Br)CNC(=O)CC1CC(=O)C(c2c(C)cc(C)cc2C)C1=O. The van der Waals surface area contributed by atoms with Gasteiger partial charge in [0, 0.05) is 29.8 Å². The van der Waals surface area contributed by atoms with Crippen LogP contribution in [0.4, 0.5) is 0 Å². The van der Waals surface area contributed by atoms with Gasteiger partial charge in [-0.05, 0) is 37.5 Å². The van der Waals surface area contributed by atoms with Crippen LogP contribution in [-0.2, 0) is 14.4 Å². The van der Waals surface area contributed by atoms with E-state index >= 15 is 0 Å². The number of carbonyl (C=O) groups is 3. The van der Waals surface area contributed by atoms with E-state index in [1.165, 1.54) is 0 Å². The van der Waals surface area contributed by atoms with Crippen LogP contribution in [0.1, 0.15) is 41.0 Å². The van der Waals surface area contributed by atoms with Crippen LogP contribution in [0.25, 0.3) is 0 Å². The maximum Gasteiger partial charge on any atom is 0.221 e. The predicted molar refractivity (Wildman–Crippen MR) is 97.2 cm³/mol. The molecule has 1 fully saturated rings. The molecule has 1 N–H and O–H groups in total.